The molecule has 2 N–H and O–H groups in total. The van der Waals surface area contributed by atoms with Gasteiger partial charge in [-0.15, -0.1) is 0 Å². The highest BCUT2D eigenvalue weighted by molar-refractivity contribution is 6.61. The molecular formula is C23H25BF3N3O3. The average molecular weight is 459 g/mol. The first-order chi connectivity index (χ1) is 15.7. The van der Waals surface area contributed by atoms with Gasteiger partial charge in [0.15, 0.2) is 0 Å². The van der Waals surface area contributed by atoms with Gasteiger partial charge in [0, 0.05) is 36.7 Å². The van der Waals surface area contributed by atoms with Crippen LogP contribution in [0.3, 0.4) is 0 Å². The van der Waals surface area contributed by atoms with Gasteiger partial charge in [-0.2, -0.15) is 13.2 Å². The summed E-state index contributed by atoms with van der Waals surface area (Å²) in [7, 11) is -1.71. The summed E-state index contributed by atoms with van der Waals surface area (Å²) < 4.78 is 47.8. The number of fused-ring (bicyclic) bond motifs is 1. The number of benzene rings is 2. The van der Waals surface area contributed by atoms with Crippen LogP contribution in [-0.4, -0.2) is 53.0 Å². The standard InChI is InChI=1S/C23H25BF3N3O3/c1-14-16(3-2-4-18(14)23(25,26)27)13-30-20-12-17(29-7-9-33-10-8-29)11-19(24(31)32)21(20)28-22(30)15-5-6-15/h2-4,11-12,15,31-32H,5-10,13H2,1H3. The van der Waals surface area contributed by atoms with Gasteiger partial charge in [-0.1, -0.05) is 12.1 Å². The summed E-state index contributed by atoms with van der Waals surface area (Å²) in [5, 5.41) is 20.2. The van der Waals surface area contributed by atoms with E-state index >= 15 is 0 Å². The van der Waals surface area contributed by atoms with Crippen LogP contribution >= 0.6 is 0 Å². The number of aromatic nitrogens is 2. The van der Waals surface area contributed by atoms with Gasteiger partial charge < -0.3 is 24.3 Å². The molecule has 2 aliphatic rings. The van der Waals surface area contributed by atoms with Crippen LogP contribution in [0.5, 0.6) is 0 Å². The van der Waals surface area contributed by atoms with Crippen molar-refractivity contribution in [3.05, 3.63) is 52.8 Å². The van der Waals surface area contributed by atoms with E-state index in [1.807, 2.05) is 10.6 Å². The number of ether oxygens (including phenoxy) is 1. The Bertz CT molecular complexity index is 1190. The molecule has 174 valence electrons. The topological polar surface area (TPSA) is 70.8 Å². The van der Waals surface area contributed by atoms with Crippen LogP contribution in [0.2, 0.25) is 0 Å². The number of alkyl halides is 3. The van der Waals surface area contributed by atoms with Gasteiger partial charge in [0.1, 0.15) is 5.82 Å². The van der Waals surface area contributed by atoms with Crippen LogP contribution in [0.15, 0.2) is 30.3 Å². The maximum absolute atomic E-state index is 13.5. The zero-order valence-corrected chi connectivity index (χ0v) is 18.3. The Balaban J connectivity index is 1.66. The number of imidazole rings is 1. The Morgan fingerprint density at radius 2 is 1.88 bits per heavy atom. The normalized spacial score (nSPS) is 17.1. The highest BCUT2D eigenvalue weighted by atomic mass is 19.4. The SMILES string of the molecule is Cc1c(Cn2c(C3CC3)nc3c(B(O)O)cc(N4CCOCC4)cc32)cccc1C(F)(F)F. The number of morpholine rings is 1. The Labute approximate surface area is 189 Å². The number of halogens is 3. The molecule has 0 spiro atoms. The van der Waals surface area contributed by atoms with Crippen LogP contribution < -0.4 is 10.4 Å². The second-order valence-electron chi connectivity index (χ2n) is 8.79. The van der Waals surface area contributed by atoms with Gasteiger partial charge in [0.2, 0.25) is 0 Å². The molecule has 1 aliphatic heterocycles. The molecule has 1 saturated carbocycles. The van der Waals surface area contributed by atoms with Crippen LogP contribution in [0.25, 0.3) is 11.0 Å². The highest BCUT2D eigenvalue weighted by Gasteiger charge is 2.34. The Kier molecular flexibility index (Phi) is 5.62. The quantitative estimate of drug-likeness (QED) is 0.575. The molecule has 0 bridgehead atoms. The van der Waals surface area contributed by atoms with Crippen molar-refractivity contribution in [2.24, 2.45) is 0 Å². The summed E-state index contributed by atoms with van der Waals surface area (Å²) in [6, 6.07) is 7.93. The minimum Gasteiger partial charge on any atom is -0.423 e. The molecule has 3 aromatic rings. The summed E-state index contributed by atoms with van der Waals surface area (Å²) in [5.74, 6) is 1.00. The number of anilines is 1. The molecule has 0 radical (unpaired) electrons. The third-order valence-corrected chi connectivity index (χ3v) is 6.57. The smallest absolute Gasteiger partial charge is 0.423 e. The van der Waals surface area contributed by atoms with E-state index in [1.165, 1.54) is 13.0 Å². The highest BCUT2D eigenvalue weighted by Crippen LogP contribution is 2.41. The number of nitrogens with zero attached hydrogens (tertiary/aromatic N) is 3. The maximum atomic E-state index is 13.5. The van der Waals surface area contributed by atoms with E-state index in [0.717, 1.165) is 30.4 Å². The molecular weight excluding hydrogens is 434 g/mol. The Morgan fingerprint density at radius 3 is 2.52 bits per heavy atom. The second kappa shape index (κ2) is 8.34. The first-order valence-corrected chi connectivity index (χ1v) is 11.1. The molecule has 1 saturated heterocycles. The van der Waals surface area contributed by atoms with Gasteiger partial charge in [0.05, 0.1) is 29.8 Å². The predicted octanol–water partition coefficient (Wildman–Crippen LogP) is 2.81. The van der Waals surface area contributed by atoms with Crippen LogP contribution in [0.1, 0.15) is 41.3 Å². The van der Waals surface area contributed by atoms with Crippen molar-refractivity contribution in [3.8, 4) is 0 Å². The lowest BCUT2D eigenvalue weighted by Gasteiger charge is -2.29. The lowest BCUT2D eigenvalue weighted by molar-refractivity contribution is -0.138. The molecule has 2 heterocycles. The monoisotopic (exact) mass is 459 g/mol. The summed E-state index contributed by atoms with van der Waals surface area (Å²) in [6.07, 6.45) is -2.51. The zero-order valence-electron chi connectivity index (χ0n) is 18.3. The molecule has 1 aromatic heterocycles. The largest absolute Gasteiger partial charge is 0.490 e. The fraction of sp³-hybridized carbons (Fsp3) is 0.435. The molecule has 0 unspecified atom stereocenters. The minimum atomic E-state index is -4.42. The lowest BCUT2D eigenvalue weighted by atomic mass is 9.79. The van der Waals surface area contributed by atoms with Crippen molar-refractivity contribution >= 4 is 29.3 Å². The summed E-state index contributed by atoms with van der Waals surface area (Å²) in [6.45, 7) is 4.21. The van der Waals surface area contributed by atoms with E-state index in [1.54, 1.807) is 12.1 Å². The molecule has 10 heteroatoms. The average Bonchev–Trinajstić information content (AvgIpc) is 3.56. The number of rotatable bonds is 5. The van der Waals surface area contributed by atoms with E-state index < -0.39 is 18.9 Å². The van der Waals surface area contributed by atoms with Gasteiger partial charge in [0.25, 0.3) is 0 Å². The van der Waals surface area contributed by atoms with Crippen molar-refractivity contribution < 1.29 is 28.0 Å². The third kappa shape index (κ3) is 4.23. The first kappa shape index (κ1) is 22.2. The molecule has 6 nitrogen and oxygen atoms in total. The van der Waals surface area contributed by atoms with Gasteiger partial charge in [-0.05, 0) is 49.1 Å². The Hall–Kier alpha value is -2.56. The van der Waals surface area contributed by atoms with Crippen LogP contribution in [0, 0.1) is 6.92 Å². The first-order valence-electron chi connectivity index (χ1n) is 11.1. The van der Waals surface area contributed by atoms with Crippen molar-refractivity contribution in [2.45, 2.75) is 38.4 Å². The van der Waals surface area contributed by atoms with E-state index in [0.29, 0.717) is 48.4 Å². The summed E-state index contributed by atoms with van der Waals surface area (Å²) in [4.78, 5) is 6.87. The van der Waals surface area contributed by atoms with E-state index in [-0.39, 0.29) is 18.0 Å². The molecule has 0 atom stereocenters. The van der Waals surface area contributed by atoms with Crippen molar-refractivity contribution in [1.82, 2.24) is 9.55 Å². The summed E-state index contributed by atoms with van der Waals surface area (Å²) in [5.41, 5.74) is 2.41. The molecule has 2 aromatic carbocycles. The van der Waals surface area contributed by atoms with E-state index in [9.17, 15) is 23.2 Å². The van der Waals surface area contributed by atoms with Crippen molar-refractivity contribution in [2.75, 3.05) is 31.2 Å². The maximum Gasteiger partial charge on any atom is 0.490 e. The van der Waals surface area contributed by atoms with Crippen LogP contribution in [0.4, 0.5) is 18.9 Å². The van der Waals surface area contributed by atoms with E-state index in [2.05, 4.69) is 4.90 Å². The molecule has 33 heavy (non-hydrogen) atoms. The third-order valence-electron chi connectivity index (χ3n) is 6.57. The number of hydrogen-bond donors (Lipinski definition) is 2. The second-order valence-corrected chi connectivity index (χ2v) is 8.79. The molecule has 5 rings (SSSR count). The fourth-order valence-electron chi connectivity index (χ4n) is 4.60. The van der Waals surface area contributed by atoms with Crippen LogP contribution in [-0.2, 0) is 17.5 Å². The summed E-state index contributed by atoms with van der Waals surface area (Å²) >= 11 is 0. The van der Waals surface area contributed by atoms with Gasteiger partial charge >= 0.3 is 13.3 Å². The molecule has 0 amide bonds. The predicted molar refractivity (Wildman–Crippen MR) is 120 cm³/mol. The molecule has 1 aliphatic carbocycles. The fourth-order valence-corrected chi connectivity index (χ4v) is 4.60. The van der Waals surface area contributed by atoms with Crippen molar-refractivity contribution in [1.29, 1.82) is 0 Å². The number of hydrogen-bond acceptors (Lipinski definition) is 5. The van der Waals surface area contributed by atoms with Gasteiger partial charge in [-0.25, -0.2) is 4.98 Å². The molecule has 2 fully saturated rings. The van der Waals surface area contributed by atoms with Crippen molar-refractivity contribution in [3.63, 3.8) is 0 Å². The van der Waals surface area contributed by atoms with Gasteiger partial charge in [-0.3, -0.25) is 0 Å². The lowest BCUT2D eigenvalue weighted by Crippen LogP contribution is -2.38. The minimum absolute atomic E-state index is 0.195. The van der Waals surface area contributed by atoms with E-state index in [4.69, 9.17) is 9.72 Å². The zero-order chi connectivity index (χ0) is 23.3. The Morgan fingerprint density at radius 1 is 1.15 bits per heavy atom.